The van der Waals surface area contributed by atoms with Crippen LogP contribution in [0.15, 0.2) is 54.5 Å². The van der Waals surface area contributed by atoms with Crippen molar-refractivity contribution in [2.24, 2.45) is 0 Å². The van der Waals surface area contributed by atoms with Crippen molar-refractivity contribution in [2.45, 2.75) is 19.3 Å². The Kier molecular flexibility index (Phi) is 4.33. The van der Waals surface area contributed by atoms with Gasteiger partial charge in [-0.1, -0.05) is 0 Å². The standard InChI is InChI=1S/C17H13F6N3/c1-11-9-25(15-14(17(21,22)23)3-2-8-24-15)10-26(11)13-6-4-12(5-7-13)16(18,19)20/h2-9H,10H2,1H3. The summed E-state index contributed by atoms with van der Waals surface area (Å²) in [5.41, 5.74) is -0.636. The van der Waals surface area contributed by atoms with E-state index in [0.717, 1.165) is 18.2 Å². The Hall–Kier alpha value is -2.71. The summed E-state index contributed by atoms with van der Waals surface area (Å²) in [6.07, 6.45) is -6.27. The normalized spacial score (nSPS) is 15.4. The number of rotatable bonds is 2. The van der Waals surface area contributed by atoms with Gasteiger partial charge in [0.15, 0.2) is 0 Å². The van der Waals surface area contributed by atoms with Gasteiger partial charge in [-0.15, -0.1) is 0 Å². The van der Waals surface area contributed by atoms with E-state index in [0.29, 0.717) is 11.4 Å². The number of aromatic nitrogens is 1. The molecule has 0 saturated carbocycles. The van der Waals surface area contributed by atoms with E-state index in [1.807, 2.05) is 0 Å². The van der Waals surface area contributed by atoms with E-state index in [-0.39, 0.29) is 12.5 Å². The Balaban J connectivity index is 1.88. The first-order chi connectivity index (χ1) is 12.1. The van der Waals surface area contributed by atoms with Crippen molar-refractivity contribution in [1.29, 1.82) is 0 Å². The maximum atomic E-state index is 13.2. The maximum absolute atomic E-state index is 13.2. The first kappa shape index (κ1) is 18.1. The van der Waals surface area contributed by atoms with Crippen LogP contribution in [0.3, 0.4) is 0 Å². The van der Waals surface area contributed by atoms with Gasteiger partial charge in [0.25, 0.3) is 0 Å². The second kappa shape index (κ2) is 6.22. The fourth-order valence-corrected chi connectivity index (χ4v) is 2.69. The van der Waals surface area contributed by atoms with E-state index in [4.69, 9.17) is 0 Å². The first-order valence-corrected chi connectivity index (χ1v) is 7.49. The van der Waals surface area contributed by atoms with Gasteiger partial charge < -0.3 is 9.80 Å². The quantitative estimate of drug-likeness (QED) is 0.669. The Bertz CT molecular complexity index is 824. The third-order valence-electron chi connectivity index (χ3n) is 3.93. The molecule has 0 spiro atoms. The third kappa shape index (κ3) is 3.47. The van der Waals surface area contributed by atoms with Crippen molar-refractivity contribution in [2.75, 3.05) is 16.5 Å². The molecular formula is C17H13F6N3. The Morgan fingerprint density at radius 3 is 2.15 bits per heavy atom. The number of benzene rings is 1. The zero-order valence-electron chi connectivity index (χ0n) is 13.4. The van der Waals surface area contributed by atoms with Crippen LogP contribution in [0.2, 0.25) is 0 Å². The van der Waals surface area contributed by atoms with Crippen molar-refractivity contribution in [1.82, 2.24) is 4.98 Å². The molecule has 0 fully saturated rings. The van der Waals surface area contributed by atoms with Crippen molar-refractivity contribution >= 4 is 11.5 Å². The van der Waals surface area contributed by atoms with Crippen LogP contribution in [0.1, 0.15) is 18.1 Å². The average molecular weight is 373 g/mol. The van der Waals surface area contributed by atoms with Gasteiger partial charge in [-0.05, 0) is 43.3 Å². The largest absolute Gasteiger partial charge is 0.419 e. The molecule has 3 nitrogen and oxygen atoms in total. The zero-order chi connectivity index (χ0) is 19.1. The molecule has 0 amide bonds. The van der Waals surface area contributed by atoms with Crippen LogP contribution in [0.5, 0.6) is 0 Å². The summed E-state index contributed by atoms with van der Waals surface area (Å²) in [6.45, 7) is 1.67. The van der Waals surface area contributed by atoms with Gasteiger partial charge >= 0.3 is 12.4 Å². The van der Waals surface area contributed by atoms with Crippen LogP contribution >= 0.6 is 0 Å². The number of alkyl halides is 6. The summed E-state index contributed by atoms with van der Waals surface area (Å²) in [6, 6.07) is 6.58. The number of halogens is 6. The molecule has 1 aliphatic heterocycles. The van der Waals surface area contributed by atoms with Gasteiger partial charge in [0, 0.05) is 23.8 Å². The van der Waals surface area contributed by atoms with Crippen LogP contribution in [0.4, 0.5) is 37.8 Å². The average Bonchev–Trinajstić information content (AvgIpc) is 2.95. The molecule has 0 N–H and O–H groups in total. The van der Waals surface area contributed by atoms with Gasteiger partial charge in [0.05, 0.1) is 11.1 Å². The van der Waals surface area contributed by atoms with Crippen LogP contribution in [-0.4, -0.2) is 11.7 Å². The van der Waals surface area contributed by atoms with E-state index < -0.39 is 23.5 Å². The van der Waals surface area contributed by atoms with Gasteiger partial charge in [-0.3, -0.25) is 0 Å². The van der Waals surface area contributed by atoms with Crippen molar-refractivity contribution < 1.29 is 26.3 Å². The molecule has 9 heteroatoms. The number of hydrogen-bond donors (Lipinski definition) is 0. The predicted octanol–water partition coefficient (Wildman–Crippen LogP) is 5.26. The lowest BCUT2D eigenvalue weighted by Gasteiger charge is -2.24. The summed E-state index contributed by atoms with van der Waals surface area (Å²) in [5, 5.41) is 0. The summed E-state index contributed by atoms with van der Waals surface area (Å²) in [5.74, 6) is -0.256. The van der Waals surface area contributed by atoms with E-state index in [9.17, 15) is 26.3 Å². The highest BCUT2D eigenvalue weighted by Gasteiger charge is 2.37. The van der Waals surface area contributed by atoms with E-state index in [1.54, 1.807) is 11.8 Å². The molecule has 3 rings (SSSR count). The van der Waals surface area contributed by atoms with E-state index in [2.05, 4.69) is 4.98 Å². The monoisotopic (exact) mass is 373 g/mol. The first-order valence-electron chi connectivity index (χ1n) is 7.49. The topological polar surface area (TPSA) is 19.4 Å². The van der Waals surface area contributed by atoms with Crippen LogP contribution in [-0.2, 0) is 12.4 Å². The second-order valence-corrected chi connectivity index (χ2v) is 5.73. The molecule has 2 aromatic rings. The summed E-state index contributed by atoms with van der Waals surface area (Å²) in [4.78, 5) is 6.74. The van der Waals surface area contributed by atoms with Crippen LogP contribution in [0.25, 0.3) is 0 Å². The zero-order valence-corrected chi connectivity index (χ0v) is 13.4. The molecule has 2 heterocycles. The number of hydrogen-bond acceptors (Lipinski definition) is 3. The lowest BCUT2D eigenvalue weighted by molar-refractivity contribution is -0.138. The lowest BCUT2D eigenvalue weighted by Crippen LogP contribution is -2.28. The molecule has 0 atom stereocenters. The van der Waals surface area contributed by atoms with Gasteiger partial charge in [0.2, 0.25) is 0 Å². The van der Waals surface area contributed by atoms with Crippen molar-refractivity contribution in [3.05, 3.63) is 65.6 Å². The molecule has 0 radical (unpaired) electrons. The minimum Gasteiger partial charge on any atom is -0.325 e. The molecule has 26 heavy (non-hydrogen) atoms. The number of anilines is 2. The minimum absolute atomic E-state index is 0.0112. The Morgan fingerprint density at radius 1 is 0.923 bits per heavy atom. The van der Waals surface area contributed by atoms with E-state index in [1.165, 1.54) is 35.5 Å². The number of allylic oxidation sites excluding steroid dienone is 1. The molecule has 138 valence electrons. The molecule has 1 aliphatic rings. The van der Waals surface area contributed by atoms with Crippen LogP contribution < -0.4 is 9.80 Å². The fourth-order valence-electron chi connectivity index (χ4n) is 2.69. The SMILES string of the molecule is CC1=CN(c2ncccc2C(F)(F)F)CN1c1ccc(C(F)(F)F)cc1. The molecule has 0 saturated heterocycles. The third-order valence-corrected chi connectivity index (χ3v) is 3.93. The van der Waals surface area contributed by atoms with Crippen molar-refractivity contribution in [3.8, 4) is 0 Å². The molecule has 0 bridgehead atoms. The minimum atomic E-state index is -4.56. The van der Waals surface area contributed by atoms with Crippen LogP contribution in [0, 0.1) is 0 Å². The molecule has 1 aromatic carbocycles. The highest BCUT2D eigenvalue weighted by Crippen LogP contribution is 2.38. The lowest BCUT2D eigenvalue weighted by atomic mass is 10.2. The Morgan fingerprint density at radius 2 is 1.58 bits per heavy atom. The molecule has 0 aliphatic carbocycles. The summed E-state index contributed by atoms with van der Waals surface area (Å²) < 4.78 is 77.5. The maximum Gasteiger partial charge on any atom is 0.419 e. The fraction of sp³-hybridized carbons (Fsp3) is 0.235. The molecule has 0 unspecified atom stereocenters. The number of pyridine rings is 1. The highest BCUT2D eigenvalue weighted by molar-refractivity contribution is 5.62. The summed E-state index contributed by atoms with van der Waals surface area (Å²) >= 11 is 0. The second-order valence-electron chi connectivity index (χ2n) is 5.73. The molecule has 1 aromatic heterocycles. The summed E-state index contributed by atoms with van der Waals surface area (Å²) in [7, 11) is 0. The van der Waals surface area contributed by atoms with Gasteiger partial charge in [0.1, 0.15) is 12.5 Å². The molecular weight excluding hydrogens is 360 g/mol. The Labute approximate surface area is 145 Å². The smallest absolute Gasteiger partial charge is 0.325 e. The van der Waals surface area contributed by atoms with E-state index >= 15 is 0 Å². The predicted molar refractivity (Wildman–Crippen MR) is 84.3 cm³/mol. The number of nitrogens with zero attached hydrogens (tertiary/aromatic N) is 3. The highest BCUT2D eigenvalue weighted by atomic mass is 19.4. The van der Waals surface area contributed by atoms with Gasteiger partial charge in [-0.25, -0.2) is 4.98 Å². The van der Waals surface area contributed by atoms with Crippen molar-refractivity contribution in [3.63, 3.8) is 0 Å². The van der Waals surface area contributed by atoms with Gasteiger partial charge in [-0.2, -0.15) is 26.3 Å².